The lowest BCUT2D eigenvalue weighted by Gasteiger charge is -2.01. The van der Waals surface area contributed by atoms with E-state index in [1.165, 1.54) is 19.2 Å². The number of nitro groups is 1. The maximum atomic E-state index is 10.4. The van der Waals surface area contributed by atoms with Crippen molar-refractivity contribution in [1.29, 1.82) is 0 Å². The van der Waals surface area contributed by atoms with Crippen LogP contribution in [0.1, 0.15) is 0 Å². The zero-order chi connectivity index (χ0) is 9.14. The Morgan fingerprint density at radius 2 is 2.42 bits per heavy atom. The first-order chi connectivity index (χ1) is 5.66. The van der Waals surface area contributed by atoms with Crippen molar-refractivity contribution in [3.63, 3.8) is 0 Å². The van der Waals surface area contributed by atoms with Crippen molar-refractivity contribution in [2.75, 3.05) is 7.11 Å². The van der Waals surface area contributed by atoms with Crippen molar-refractivity contribution in [1.82, 2.24) is 0 Å². The van der Waals surface area contributed by atoms with Crippen LogP contribution in [0.25, 0.3) is 0 Å². The average molecular weight is 187 g/mol. The third-order valence-corrected chi connectivity index (χ3v) is 1.56. The minimum atomic E-state index is -0.557. The molecule has 0 heterocycles. The van der Waals surface area contributed by atoms with Crippen LogP contribution in [0.5, 0.6) is 5.75 Å². The SMILES string of the molecule is COc1c(Cl)[c]ccc1[N+](=O)[O-]. The molecular formula is C7H5ClNO3. The number of halogens is 1. The Labute approximate surface area is 73.9 Å². The number of nitro benzene ring substituents is 1. The normalized spacial score (nSPS) is 9.50. The highest BCUT2D eigenvalue weighted by Crippen LogP contribution is 2.33. The first-order valence-corrected chi connectivity index (χ1v) is 3.43. The lowest BCUT2D eigenvalue weighted by molar-refractivity contribution is -0.385. The zero-order valence-corrected chi connectivity index (χ0v) is 6.96. The summed E-state index contributed by atoms with van der Waals surface area (Å²) in [4.78, 5) is 9.83. The molecule has 0 aliphatic carbocycles. The van der Waals surface area contributed by atoms with Gasteiger partial charge in [0.2, 0.25) is 5.75 Å². The number of hydrogen-bond donors (Lipinski definition) is 0. The summed E-state index contributed by atoms with van der Waals surface area (Å²) in [6, 6.07) is 5.24. The van der Waals surface area contributed by atoms with Crippen LogP contribution in [0.4, 0.5) is 5.69 Å². The van der Waals surface area contributed by atoms with E-state index in [1.807, 2.05) is 0 Å². The largest absolute Gasteiger partial charge is 0.489 e. The van der Waals surface area contributed by atoms with Gasteiger partial charge in [0.1, 0.15) is 0 Å². The number of rotatable bonds is 2. The average Bonchev–Trinajstić information content (AvgIpc) is 2.03. The Balaban J connectivity index is 3.27. The monoisotopic (exact) mass is 186 g/mol. The second-order valence-corrected chi connectivity index (χ2v) is 2.35. The van der Waals surface area contributed by atoms with Crippen molar-refractivity contribution in [3.8, 4) is 5.75 Å². The summed E-state index contributed by atoms with van der Waals surface area (Å²) in [5.74, 6) is 0.0455. The van der Waals surface area contributed by atoms with E-state index >= 15 is 0 Å². The van der Waals surface area contributed by atoms with Gasteiger partial charge in [-0.25, -0.2) is 0 Å². The van der Waals surface area contributed by atoms with E-state index < -0.39 is 4.92 Å². The molecule has 1 aromatic carbocycles. The van der Waals surface area contributed by atoms with Gasteiger partial charge in [-0.1, -0.05) is 11.6 Å². The van der Waals surface area contributed by atoms with Crippen LogP contribution in [-0.2, 0) is 0 Å². The lowest BCUT2D eigenvalue weighted by Crippen LogP contribution is -1.93. The van der Waals surface area contributed by atoms with Gasteiger partial charge in [0, 0.05) is 12.1 Å². The number of ether oxygens (including phenoxy) is 1. The minimum absolute atomic E-state index is 0.0455. The molecule has 63 valence electrons. The van der Waals surface area contributed by atoms with Crippen molar-refractivity contribution < 1.29 is 9.66 Å². The van der Waals surface area contributed by atoms with E-state index in [1.54, 1.807) is 0 Å². The Kier molecular flexibility index (Phi) is 2.50. The number of methoxy groups -OCH3 is 1. The van der Waals surface area contributed by atoms with Gasteiger partial charge in [0.05, 0.1) is 17.1 Å². The topological polar surface area (TPSA) is 52.4 Å². The molecule has 0 spiro atoms. The van der Waals surface area contributed by atoms with Crippen LogP contribution < -0.4 is 4.74 Å². The molecule has 1 aromatic rings. The summed E-state index contributed by atoms with van der Waals surface area (Å²) in [5.41, 5.74) is -0.152. The van der Waals surface area contributed by atoms with Gasteiger partial charge in [0.25, 0.3) is 0 Å². The fourth-order valence-corrected chi connectivity index (χ4v) is 1.02. The predicted octanol–water partition coefficient (Wildman–Crippen LogP) is 2.06. The van der Waals surface area contributed by atoms with Crippen molar-refractivity contribution in [2.45, 2.75) is 0 Å². The zero-order valence-electron chi connectivity index (χ0n) is 6.20. The van der Waals surface area contributed by atoms with Gasteiger partial charge in [0.15, 0.2) is 0 Å². The molecular weight excluding hydrogens is 182 g/mol. The molecule has 0 N–H and O–H groups in total. The highest BCUT2D eigenvalue weighted by Gasteiger charge is 2.16. The first kappa shape index (κ1) is 8.80. The Bertz CT molecular complexity index is 314. The maximum Gasteiger partial charge on any atom is 0.312 e. The fraction of sp³-hybridized carbons (Fsp3) is 0.143. The van der Waals surface area contributed by atoms with Crippen LogP contribution in [0.3, 0.4) is 0 Å². The lowest BCUT2D eigenvalue weighted by atomic mass is 10.3. The molecule has 4 nitrogen and oxygen atoms in total. The number of benzene rings is 1. The van der Waals surface area contributed by atoms with E-state index in [0.29, 0.717) is 0 Å². The van der Waals surface area contributed by atoms with Crippen LogP contribution in [0, 0.1) is 16.2 Å². The van der Waals surface area contributed by atoms with Crippen molar-refractivity contribution >= 4 is 17.3 Å². The molecule has 0 aromatic heterocycles. The summed E-state index contributed by atoms with van der Waals surface area (Å²) in [6.45, 7) is 0. The Hall–Kier alpha value is -1.29. The van der Waals surface area contributed by atoms with Gasteiger partial charge >= 0.3 is 5.69 Å². The second kappa shape index (κ2) is 3.40. The fourth-order valence-electron chi connectivity index (χ4n) is 0.785. The summed E-state index contributed by atoms with van der Waals surface area (Å²) in [5, 5.41) is 10.5. The van der Waals surface area contributed by atoms with Crippen LogP contribution in [0.2, 0.25) is 5.02 Å². The quantitative estimate of drug-likeness (QED) is 0.525. The highest BCUT2D eigenvalue weighted by atomic mass is 35.5. The van der Waals surface area contributed by atoms with Gasteiger partial charge in [-0.15, -0.1) is 0 Å². The molecule has 0 fully saturated rings. The molecule has 0 amide bonds. The molecule has 0 aliphatic rings. The number of hydrogen-bond acceptors (Lipinski definition) is 3. The molecule has 0 atom stereocenters. The van der Waals surface area contributed by atoms with E-state index in [2.05, 4.69) is 6.07 Å². The summed E-state index contributed by atoms with van der Waals surface area (Å²) >= 11 is 5.59. The molecule has 0 unspecified atom stereocenters. The highest BCUT2D eigenvalue weighted by molar-refractivity contribution is 6.32. The summed E-state index contributed by atoms with van der Waals surface area (Å²) in [6.07, 6.45) is 0. The van der Waals surface area contributed by atoms with Crippen LogP contribution >= 0.6 is 11.6 Å². The molecule has 1 radical (unpaired) electrons. The van der Waals surface area contributed by atoms with Gasteiger partial charge in [-0.05, 0) is 6.07 Å². The molecule has 0 saturated heterocycles. The molecule has 0 aliphatic heterocycles. The second-order valence-electron chi connectivity index (χ2n) is 1.97. The van der Waals surface area contributed by atoms with E-state index in [-0.39, 0.29) is 16.5 Å². The van der Waals surface area contributed by atoms with Crippen LogP contribution in [0.15, 0.2) is 12.1 Å². The third kappa shape index (κ3) is 1.48. The molecule has 0 saturated carbocycles. The predicted molar refractivity (Wildman–Crippen MR) is 43.5 cm³/mol. The smallest absolute Gasteiger partial charge is 0.312 e. The Morgan fingerprint density at radius 1 is 1.75 bits per heavy atom. The van der Waals surface area contributed by atoms with Gasteiger partial charge < -0.3 is 4.74 Å². The molecule has 0 bridgehead atoms. The Morgan fingerprint density at radius 3 is 2.83 bits per heavy atom. The minimum Gasteiger partial charge on any atom is -0.489 e. The van der Waals surface area contributed by atoms with E-state index in [4.69, 9.17) is 16.3 Å². The summed E-state index contributed by atoms with van der Waals surface area (Å²) < 4.78 is 4.73. The molecule has 1 rings (SSSR count). The van der Waals surface area contributed by atoms with E-state index in [9.17, 15) is 10.1 Å². The summed E-state index contributed by atoms with van der Waals surface area (Å²) in [7, 11) is 1.32. The van der Waals surface area contributed by atoms with Crippen molar-refractivity contribution in [3.05, 3.63) is 33.3 Å². The van der Waals surface area contributed by atoms with E-state index in [0.717, 1.165) is 0 Å². The number of nitrogens with zero attached hydrogens (tertiary/aromatic N) is 1. The van der Waals surface area contributed by atoms with Crippen molar-refractivity contribution in [2.24, 2.45) is 0 Å². The first-order valence-electron chi connectivity index (χ1n) is 3.05. The molecule has 5 heteroatoms. The maximum absolute atomic E-state index is 10.4. The molecule has 12 heavy (non-hydrogen) atoms. The van der Waals surface area contributed by atoms with Gasteiger partial charge in [-0.3, -0.25) is 10.1 Å². The third-order valence-electron chi connectivity index (χ3n) is 1.28. The van der Waals surface area contributed by atoms with Gasteiger partial charge in [-0.2, -0.15) is 0 Å². The standard InChI is InChI=1S/C7H5ClNO3/c1-12-7-5(8)3-2-4-6(7)9(10)11/h2,4H,1H3. The van der Waals surface area contributed by atoms with Crippen LogP contribution in [-0.4, -0.2) is 12.0 Å².